The Morgan fingerprint density at radius 1 is 1.07 bits per heavy atom. The van der Waals surface area contributed by atoms with Crippen LogP contribution in [-0.2, 0) is 37.4 Å². The number of rotatable bonds is 6. The van der Waals surface area contributed by atoms with Crippen LogP contribution in [0.5, 0.6) is 0 Å². The highest BCUT2D eigenvalue weighted by Gasteiger charge is 2.23. The van der Waals surface area contributed by atoms with E-state index in [1.807, 2.05) is 24.3 Å². The molecule has 0 radical (unpaired) electrons. The smallest absolute Gasteiger partial charge is 0.338 e. The van der Waals surface area contributed by atoms with Crippen LogP contribution in [0.3, 0.4) is 0 Å². The lowest BCUT2D eigenvalue weighted by Crippen LogP contribution is -2.38. The van der Waals surface area contributed by atoms with E-state index in [0.717, 1.165) is 16.5 Å². The molecule has 0 atom stereocenters. The number of hydroxylamine groups is 1. The number of nitrogens with zero attached hydrogens (tertiary/aromatic N) is 2. The van der Waals surface area contributed by atoms with Crippen molar-refractivity contribution in [3.05, 3.63) is 65.2 Å². The molecule has 0 unspecified atom stereocenters. The molecule has 29 heavy (non-hydrogen) atoms. The molecule has 8 nitrogen and oxygen atoms in total. The third kappa shape index (κ3) is 4.64. The van der Waals surface area contributed by atoms with Crippen molar-refractivity contribution in [2.45, 2.75) is 17.9 Å². The molecular formula is C20H22N2O6S. The Bertz CT molecular complexity index is 1000. The fourth-order valence-corrected chi connectivity index (χ4v) is 3.99. The first-order valence-corrected chi connectivity index (χ1v) is 10.4. The molecule has 0 saturated heterocycles. The maximum atomic E-state index is 12.4. The zero-order chi connectivity index (χ0) is 21.0. The molecule has 1 aliphatic heterocycles. The van der Waals surface area contributed by atoms with E-state index in [4.69, 9.17) is 9.57 Å². The van der Waals surface area contributed by atoms with Crippen molar-refractivity contribution in [1.82, 2.24) is 9.37 Å². The minimum absolute atomic E-state index is 0.0264. The predicted molar refractivity (Wildman–Crippen MR) is 104 cm³/mol. The van der Waals surface area contributed by atoms with E-state index >= 15 is 0 Å². The van der Waals surface area contributed by atoms with Crippen LogP contribution in [0.2, 0.25) is 0 Å². The summed E-state index contributed by atoms with van der Waals surface area (Å²) in [6, 6.07) is 13.2. The SMILES string of the molecule is CON(C)S(=O)(=O)c1ccc(C(=O)OCC(=O)N2CCc3ccccc3C2)cc1. The highest BCUT2D eigenvalue weighted by Crippen LogP contribution is 2.19. The average Bonchev–Trinajstić information content (AvgIpc) is 2.76. The number of sulfonamides is 1. The molecule has 2 aromatic rings. The van der Waals surface area contributed by atoms with Gasteiger partial charge in [-0.1, -0.05) is 28.7 Å². The molecule has 1 amide bonds. The maximum absolute atomic E-state index is 12.4. The van der Waals surface area contributed by atoms with Gasteiger partial charge in [-0.05, 0) is 41.8 Å². The van der Waals surface area contributed by atoms with E-state index in [2.05, 4.69) is 0 Å². The third-order valence-corrected chi connectivity index (χ3v) is 6.49. The van der Waals surface area contributed by atoms with Gasteiger partial charge < -0.3 is 9.64 Å². The van der Waals surface area contributed by atoms with Gasteiger partial charge in [-0.15, -0.1) is 0 Å². The van der Waals surface area contributed by atoms with Gasteiger partial charge in [0.2, 0.25) is 0 Å². The largest absolute Gasteiger partial charge is 0.452 e. The van der Waals surface area contributed by atoms with Crippen LogP contribution in [0.25, 0.3) is 0 Å². The summed E-state index contributed by atoms with van der Waals surface area (Å²) >= 11 is 0. The molecule has 2 aromatic carbocycles. The Hall–Kier alpha value is -2.75. The van der Waals surface area contributed by atoms with Gasteiger partial charge in [0.25, 0.3) is 15.9 Å². The fraction of sp³-hybridized carbons (Fsp3) is 0.300. The minimum atomic E-state index is -3.80. The van der Waals surface area contributed by atoms with E-state index in [1.54, 1.807) is 4.90 Å². The summed E-state index contributed by atoms with van der Waals surface area (Å²) in [7, 11) is -1.29. The second kappa shape index (κ2) is 8.73. The zero-order valence-electron chi connectivity index (χ0n) is 16.2. The minimum Gasteiger partial charge on any atom is -0.452 e. The fourth-order valence-electron chi connectivity index (χ4n) is 3.02. The van der Waals surface area contributed by atoms with Crippen LogP contribution >= 0.6 is 0 Å². The number of carbonyl (C=O) groups excluding carboxylic acids is 2. The normalized spacial score (nSPS) is 13.8. The molecule has 0 spiro atoms. The molecule has 0 fully saturated rings. The van der Waals surface area contributed by atoms with Crippen molar-refractivity contribution >= 4 is 21.9 Å². The summed E-state index contributed by atoms with van der Waals surface area (Å²) in [6.45, 7) is 0.701. The van der Waals surface area contributed by atoms with E-state index in [-0.39, 0.29) is 23.0 Å². The van der Waals surface area contributed by atoms with Gasteiger partial charge in [-0.25, -0.2) is 13.2 Å². The Morgan fingerprint density at radius 3 is 2.38 bits per heavy atom. The van der Waals surface area contributed by atoms with Crippen molar-refractivity contribution in [3.8, 4) is 0 Å². The van der Waals surface area contributed by atoms with Gasteiger partial charge in [0, 0.05) is 20.1 Å². The molecule has 9 heteroatoms. The van der Waals surface area contributed by atoms with Crippen LogP contribution in [0.15, 0.2) is 53.4 Å². The topological polar surface area (TPSA) is 93.2 Å². The summed E-state index contributed by atoms with van der Waals surface area (Å²) in [5, 5.41) is 0. The Morgan fingerprint density at radius 2 is 1.72 bits per heavy atom. The van der Waals surface area contributed by atoms with Crippen molar-refractivity contribution in [2.75, 3.05) is 27.3 Å². The average molecular weight is 418 g/mol. The molecule has 1 heterocycles. The molecule has 1 aliphatic rings. The third-order valence-electron chi connectivity index (χ3n) is 4.79. The molecule has 154 valence electrons. The van der Waals surface area contributed by atoms with Crippen molar-refractivity contribution in [3.63, 3.8) is 0 Å². The first-order valence-electron chi connectivity index (χ1n) is 8.97. The molecule has 0 N–H and O–H groups in total. The van der Waals surface area contributed by atoms with Crippen LogP contribution in [0.4, 0.5) is 0 Å². The lowest BCUT2D eigenvalue weighted by atomic mass is 10.00. The number of hydrogen-bond acceptors (Lipinski definition) is 6. The number of fused-ring (bicyclic) bond motifs is 1. The number of carbonyl (C=O) groups is 2. The van der Waals surface area contributed by atoms with Crippen LogP contribution in [0, 0.1) is 0 Å². The van der Waals surface area contributed by atoms with E-state index < -0.39 is 16.0 Å². The predicted octanol–water partition coefficient (Wildman–Crippen LogP) is 1.61. The first-order chi connectivity index (χ1) is 13.8. The highest BCUT2D eigenvalue weighted by atomic mass is 32.2. The first kappa shape index (κ1) is 21.0. The highest BCUT2D eigenvalue weighted by molar-refractivity contribution is 7.89. The Balaban J connectivity index is 1.58. The van der Waals surface area contributed by atoms with Crippen molar-refractivity contribution in [2.24, 2.45) is 0 Å². The van der Waals surface area contributed by atoms with Gasteiger partial charge >= 0.3 is 5.97 Å². The molecular weight excluding hydrogens is 396 g/mol. The number of ether oxygens (including phenoxy) is 1. The monoisotopic (exact) mass is 418 g/mol. The molecule has 0 saturated carbocycles. The van der Waals surface area contributed by atoms with Crippen molar-refractivity contribution in [1.29, 1.82) is 0 Å². The summed E-state index contributed by atoms with van der Waals surface area (Å²) in [4.78, 5) is 30.9. The number of hydrogen-bond donors (Lipinski definition) is 0. The Kier molecular flexibility index (Phi) is 6.31. The van der Waals surface area contributed by atoms with Gasteiger partial charge in [0.1, 0.15) is 0 Å². The van der Waals surface area contributed by atoms with E-state index in [1.165, 1.54) is 44.0 Å². The quantitative estimate of drug-likeness (QED) is 0.523. The van der Waals surface area contributed by atoms with E-state index in [9.17, 15) is 18.0 Å². The second-order valence-corrected chi connectivity index (χ2v) is 8.47. The summed E-state index contributed by atoms with van der Waals surface area (Å²) in [5.41, 5.74) is 2.47. The number of benzene rings is 2. The van der Waals surface area contributed by atoms with Gasteiger partial charge in [-0.2, -0.15) is 0 Å². The van der Waals surface area contributed by atoms with Crippen LogP contribution in [-0.4, -0.2) is 57.0 Å². The standard InChI is InChI=1S/C20H22N2O6S/c1-21(27-2)29(25,26)18-9-7-16(8-10-18)20(24)28-14-19(23)22-12-11-15-5-3-4-6-17(15)13-22/h3-10H,11-14H2,1-2H3. The maximum Gasteiger partial charge on any atom is 0.338 e. The number of amides is 1. The van der Waals surface area contributed by atoms with Crippen LogP contribution < -0.4 is 0 Å². The zero-order valence-corrected chi connectivity index (χ0v) is 17.0. The van der Waals surface area contributed by atoms with Gasteiger partial charge in [0.15, 0.2) is 6.61 Å². The molecule has 0 aromatic heterocycles. The summed E-state index contributed by atoms with van der Waals surface area (Å²) in [6.07, 6.45) is 0.766. The lowest BCUT2D eigenvalue weighted by Gasteiger charge is -2.28. The summed E-state index contributed by atoms with van der Waals surface area (Å²) in [5.74, 6) is -0.964. The molecule has 3 rings (SSSR count). The number of esters is 1. The van der Waals surface area contributed by atoms with Gasteiger partial charge in [0.05, 0.1) is 17.6 Å². The Labute approximate surface area is 169 Å². The molecule has 0 bridgehead atoms. The van der Waals surface area contributed by atoms with Crippen molar-refractivity contribution < 1.29 is 27.6 Å². The summed E-state index contributed by atoms with van der Waals surface area (Å²) < 4.78 is 30.1. The lowest BCUT2D eigenvalue weighted by molar-refractivity contribution is -0.135. The van der Waals surface area contributed by atoms with E-state index in [0.29, 0.717) is 13.1 Å². The van der Waals surface area contributed by atoms with Gasteiger partial charge in [-0.3, -0.25) is 9.63 Å². The second-order valence-electron chi connectivity index (χ2n) is 6.53. The van der Waals surface area contributed by atoms with Crippen LogP contribution in [0.1, 0.15) is 21.5 Å². The molecule has 0 aliphatic carbocycles.